The van der Waals surface area contributed by atoms with Gasteiger partial charge in [0.25, 0.3) is 5.91 Å². The average Bonchev–Trinajstić information content (AvgIpc) is 3.54. The maximum absolute atomic E-state index is 14.1. The minimum atomic E-state index is -4.53. The number of carbonyl (C=O) groups is 1. The Morgan fingerprint density at radius 3 is 2.49 bits per heavy atom. The molecule has 0 saturated heterocycles. The maximum atomic E-state index is 14.1. The summed E-state index contributed by atoms with van der Waals surface area (Å²) in [5.74, 6) is 2.40. The van der Waals surface area contributed by atoms with E-state index in [0.717, 1.165) is 41.7 Å². The van der Waals surface area contributed by atoms with Crippen LogP contribution in [0.1, 0.15) is 73.1 Å². The van der Waals surface area contributed by atoms with Gasteiger partial charge in [-0.1, -0.05) is 12.1 Å². The molecule has 8 rings (SSSR count). The van der Waals surface area contributed by atoms with Crippen LogP contribution in [0.3, 0.4) is 0 Å². The van der Waals surface area contributed by atoms with E-state index >= 15 is 0 Å². The molecule has 1 aliphatic heterocycles. The van der Waals surface area contributed by atoms with Crippen molar-refractivity contribution in [3.8, 4) is 5.75 Å². The van der Waals surface area contributed by atoms with Crippen molar-refractivity contribution in [1.82, 2.24) is 19.6 Å². The molecule has 4 fully saturated rings. The topological polar surface area (TPSA) is 86.0 Å². The molecule has 39 heavy (non-hydrogen) atoms. The van der Waals surface area contributed by atoms with Gasteiger partial charge in [-0.05, 0) is 74.0 Å². The van der Waals surface area contributed by atoms with Crippen molar-refractivity contribution >= 4 is 17.4 Å². The molecule has 2 aromatic heterocycles. The summed E-state index contributed by atoms with van der Waals surface area (Å²) >= 11 is 0. The number of anilines is 2. The summed E-state index contributed by atoms with van der Waals surface area (Å²) in [5, 5.41) is 14.7. The molecule has 3 aromatic rings. The monoisotopic (exact) mass is 540 g/mol. The number of benzene rings is 1. The minimum Gasteiger partial charge on any atom is -0.497 e. The SMILES string of the molecule is COc1cccc([C@@H]2C[C@@H](C(F)(F)F)n3nc(C(=O)Nc4cnn(C56CC7CC(CC(C7)C5)C6)c4)cc3N2)c1. The molecule has 2 N–H and O–H groups in total. The van der Waals surface area contributed by atoms with Crippen molar-refractivity contribution in [1.29, 1.82) is 0 Å². The van der Waals surface area contributed by atoms with Crippen molar-refractivity contribution < 1.29 is 22.7 Å². The fourth-order valence-electron chi connectivity index (χ4n) is 7.95. The zero-order valence-corrected chi connectivity index (χ0v) is 21.6. The highest BCUT2D eigenvalue weighted by molar-refractivity contribution is 6.03. The van der Waals surface area contributed by atoms with Gasteiger partial charge in [0.2, 0.25) is 0 Å². The lowest BCUT2D eigenvalue weighted by molar-refractivity contribution is -0.173. The Kier molecular flexibility index (Phi) is 5.51. The number of nitrogens with one attached hydrogen (secondary N) is 2. The molecule has 0 unspecified atom stereocenters. The molecular weight excluding hydrogens is 509 g/mol. The average molecular weight is 541 g/mol. The molecule has 4 bridgehead atoms. The Balaban J connectivity index is 1.12. The zero-order chi connectivity index (χ0) is 26.9. The summed E-state index contributed by atoms with van der Waals surface area (Å²) in [4.78, 5) is 13.1. The molecule has 0 radical (unpaired) electrons. The number of carbonyl (C=O) groups excluding carboxylic acids is 1. The van der Waals surface area contributed by atoms with Crippen molar-refractivity contribution in [2.75, 3.05) is 17.7 Å². The lowest BCUT2D eigenvalue weighted by Crippen LogP contribution is -2.52. The number of halogens is 3. The number of methoxy groups -OCH3 is 1. The predicted octanol–water partition coefficient (Wildman–Crippen LogP) is 5.93. The van der Waals surface area contributed by atoms with E-state index in [4.69, 9.17) is 4.74 Å². The van der Waals surface area contributed by atoms with E-state index in [1.807, 2.05) is 10.9 Å². The van der Waals surface area contributed by atoms with E-state index < -0.39 is 24.2 Å². The van der Waals surface area contributed by atoms with Crippen molar-refractivity contribution in [2.45, 2.75) is 68.7 Å². The Morgan fingerprint density at radius 2 is 1.82 bits per heavy atom. The first-order valence-electron chi connectivity index (χ1n) is 13.6. The number of amides is 1. The van der Waals surface area contributed by atoms with Crippen LogP contribution in [-0.4, -0.2) is 38.8 Å². The number of aromatic nitrogens is 4. The molecule has 4 aliphatic carbocycles. The molecule has 206 valence electrons. The van der Waals surface area contributed by atoms with Gasteiger partial charge in [0.15, 0.2) is 11.7 Å². The summed E-state index contributed by atoms with van der Waals surface area (Å²) < 4.78 is 50.5. The van der Waals surface area contributed by atoms with E-state index in [-0.39, 0.29) is 23.5 Å². The van der Waals surface area contributed by atoms with E-state index in [1.54, 1.807) is 30.5 Å². The number of rotatable bonds is 5. The van der Waals surface area contributed by atoms with Gasteiger partial charge in [-0.15, -0.1) is 0 Å². The third kappa shape index (κ3) is 4.26. The van der Waals surface area contributed by atoms with Crippen LogP contribution in [0.25, 0.3) is 0 Å². The summed E-state index contributed by atoms with van der Waals surface area (Å²) in [7, 11) is 1.51. The highest BCUT2D eigenvalue weighted by atomic mass is 19.4. The molecule has 2 atom stereocenters. The van der Waals surface area contributed by atoms with E-state index in [9.17, 15) is 18.0 Å². The molecule has 5 aliphatic rings. The fourth-order valence-corrected chi connectivity index (χ4v) is 7.95. The molecule has 1 amide bonds. The molecular formula is C28H31F3N6O2. The first-order chi connectivity index (χ1) is 18.7. The second-order valence-corrected chi connectivity index (χ2v) is 11.9. The van der Waals surface area contributed by atoms with E-state index in [1.165, 1.54) is 32.4 Å². The second kappa shape index (κ2) is 8.76. The number of fused-ring (bicyclic) bond motifs is 1. The maximum Gasteiger partial charge on any atom is 0.410 e. The Morgan fingerprint density at radius 1 is 1.10 bits per heavy atom. The van der Waals surface area contributed by atoms with Gasteiger partial charge in [0.1, 0.15) is 11.6 Å². The largest absolute Gasteiger partial charge is 0.497 e. The van der Waals surface area contributed by atoms with Crippen LogP contribution in [0.2, 0.25) is 0 Å². The van der Waals surface area contributed by atoms with Crippen molar-refractivity contribution in [2.24, 2.45) is 17.8 Å². The number of hydrogen-bond acceptors (Lipinski definition) is 5. The van der Waals surface area contributed by atoms with Gasteiger partial charge >= 0.3 is 6.18 Å². The van der Waals surface area contributed by atoms with Gasteiger partial charge in [-0.3, -0.25) is 9.48 Å². The van der Waals surface area contributed by atoms with Crippen LogP contribution in [-0.2, 0) is 5.54 Å². The normalized spacial score (nSPS) is 31.0. The number of ether oxygens (including phenoxy) is 1. The van der Waals surface area contributed by atoms with Crippen LogP contribution in [0.5, 0.6) is 5.75 Å². The van der Waals surface area contributed by atoms with Crippen LogP contribution in [0, 0.1) is 17.8 Å². The first kappa shape index (κ1) is 24.5. The predicted molar refractivity (Wildman–Crippen MR) is 138 cm³/mol. The number of hydrogen-bond donors (Lipinski definition) is 2. The summed E-state index contributed by atoms with van der Waals surface area (Å²) in [6.45, 7) is 0. The van der Waals surface area contributed by atoms with Crippen molar-refractivity contribution in [3.05, 3.63) is 54.0 Å². The summed E-state index contributed by atoms with van der Waals surface area (Å²) in [6.07, 6.45) is 6.04. The Hall–Kier alpha value is -3.50. The quantitative estimate of drug-likeness (QED) is 0.419. The first-order valence-corrected chi connectivity index (χ1v) is 13.6. The molecule has 1 aromatic carbocycles. The molecule has 8 nitrogen and oxygen atoms in total. The number of alkyl halides is 3. The highest BCUT2D eigenvalue weighted by Gasteiger charge is 2.52. The van der Waals surface area contributed by atoms with Crippen molar-refractivity contribution in [3.63, 3.8) is 0 Å². The van der Waals surface area contributed by atoms with E-state index in [0.29, 0.717) is 17.0 Å². The molecule has 3 heterocycles. The summed E-state index contributed by atoms with van der Waals surface area (Å²) in [6, 6.07) is 5.85. The van der Waals surface area contributed by atoms with Crippen LogP contribution in [0.4, 0.5) is 24.7 Å². The minimum absolute atomic E-state index is 0.0181. The van der Waals surface area contributed by atoms with E-state index in [2.05, 4.69) is 20.8 Å². The Bertz CT molecular complexity index is 1380. The smallest absolute Gasteiger partial charge is 0.410 e. The van der Waals surface area contributed by atoms with Gasteiger partial charge in [-0.25, -0.2) is 4.68 Å². The van der Waals surface area contributed by atoms with Gasteiger partial charge in [0, 0.05) is 18.7 Å². The standard InChI is InChI=1S/C28H31F3N6O2/c1-39-21-4-2-3-19(8-21)22-9-24(28(29,30)31)37-25(34-22)10-23(35-37)26(38)33-20-14-32-36(15-20)27-11-16-5-17(12-27)7-18(6-16)13-27/h2-4,8,10,14-18,22,24,34H,5-7,9,11-13H2,1H3,(H,33,38)/t16?,17?,18?,22-,24-,27?/m0/s1. The van der Waals surface area contributed by atoms with Gasteiger partial charge in [-0.2, -0.15) is 23.4 Å². The lowest BCUT2D eigenvalue weighted by Gasteiger charge is -2.56. The van der Waals surface area contributed by atoms with Gasteiger partial charge < -0.3 is 15.4 Å². The molecule has 11 heteroatoms. The van der Waals surface area contributed by atoms with Gasteiger partial charge in [0.05, 0.1) is 30.6 Å². The third-order valence-corrected chi connectivity index (χ3v) is 9.25. The molecule has 0 spiro atoms. The second-order valence-electron chi connectivity index (χ2n) is 11.9. The molecule has 4 saturated carbocycles. The zero-order valence-electron chi connectivity index (χ0n) is 21.6. The lowest BCUT2D eigenvalue weighted by atomic mass is 9.53. The summed E-state index contributed by atoms with van der Waals surface area (Å²) in [5.41, 5.74) is 1.13. The Labute approximate surface area is 223 Å². The van der Waals surface area contributed by atoms with Crippen LogP contribution < -0.4 is 15.4 Å². The third-order valence-electron chi connectivity index (χ3n) is 9.25. The van der Waals surface area contributed by atoms with Crippen LogP contribution in [0.15, 0.2) is 42.7 Å². The fraction of sp³-hybridized carbons (Fsp3) is 0.536. The highest BCUT2D eigenvalue weighted by Crippen LogP contribution is 2.58. The number of nitrogens with zero attached hydrogens (tertiary/aromatic N) is 4. The van der Waals surface area contributed by atoms with Crippen LogP contribution >= 0.6 is 0 Å².